The van der Waals surface area contributed by atoms with Crippen molar-refractivity contribution in [2.45, 2.75) is 20.5 Å². The Kier molecular flexibility index (Phi) is 6.37. The van der Waals surface area contributed by atoms with Crippen molar-refractivity contribution >= 4 is 33.7 Å². The van der Waals surface area contributed by atoms with Gasteiger partial charge in [0.2, 0.25) is 0 Å². The molecular weight excluding hydrogens is 374 g/mol. The number of hydrogen-bond acceptors (Lipinski definition) is 4. The molecule has 24 heavy (non-hydrogen) atoms. The molecule has 0 bridgehead atoms. The number of amides is 1. The lowest BCUT2D eigenvalue weighted by atomic mass is 10.1. The average molecular weight is 392 g/mol. The van der Waals surface area contributed by atoms with Gasteiger partial charge >= 0.3 is 12.1 Å². The second-order valence-corrected chi connectivity index (χ2v) is 5.91. The Morgan fingerprint density at radius 2 is 1.83 bits per heavy atom. The van der Waals surface area contributed by atoms with Crippen molar-refractivity contribution in [3.8, 4) is 0 Å². The SMILES string of the molecule is CCOC(=O)c1cc(Br)c(C)cc1NC(=O)OCc1ccccc1. The van der Waals surface area contributed by atoms with Gasteiger partial charge in [-0.25, -0.2) is 9.59 Å². The van der Waals surface area contributed by atoms with E-state index in [1.807, 2.05) is 37.3 Å². The number of esters is 1. The number of carbonyl (C=O) groups is 2. The normalized spacial score (nSPS) is 10.1. The van der Waals surface area contributed by atoms with Crippen molar-refractivity contribution in [1.82, 2.24) is 0 Å². The zero-order chi connectivity index (χ0) is 17.5. The van der Waals surface area contributed by atoms with E-state index in [0.29, 0.717) is 5.69 Å². The number of benzene rings is 2. The molecule has 0 fully saturated rings. The van der Waals surface area contributed by atoms with Gasteiger partial charge in [0, 0.05) is 4.47 Å². The van der Waals surface area contributed by atoms with Crippen LogP contribution in [0.15, 0.2) is 46.9 Å². The number of halogens is 1. The van der Waals surface area contributed by atoms with Crippen LogP contribution >= 0.6 is 15.9 Å². The maximum absolute atomic E-state index is 12.1. The first kappa shape index (κ1) is 18.0. The first-order chi connectivity index (χ1) is 11.5. The molecule has 0 heterocycles. The van der Waals surface area contributed by atoms with Crippen LogP contribution in [0.5, 0.6) is 0 Å². The van der Waals surface area contributed by atoms with Crippen LogP contribution in [0, 0.1) is 6.92 Å². The van der Waals surface area contributed by atoms with Crippen molar-refractivity contribution in [2.24, 2.45) is 0 Å². The van der Waals surface area contributed by atoms with Crippen molar-refractivity contribution in [3.05, 3.63) is 63.6 Å². The number of nitrogens with one attached hydrogen (secondary N) is 1. The number of anilines is 1. The molecule has 6 heteroatoms. The first-order valence-corrected chi connectivity index (χ1v) is 8.25. The second-order valence-electron chi connectivity index (χ2n) is 5.05. The highest BCUT2D eigenvalue weighted by Crippen LogP contribution is 2.26. The number of aryl methyl sites for hydroxylation is 1. The molecule has 0 atom stereocenters. The molecule has 0 aliphatic heterocycles. The highest BCUT2D eigenvalue weighted by atomic mass is 79.9. The number of rotatable bonds is 5. The summed E-state index contributed by atoms with van der Waals surface area (Å²) in [5.74, 6) is -0.503. The van der Waals surface area contributed by atoms with Crippen LogP contribution in [0.4, 0.5) is 10.5 Å². The third-order valence-corrected chi connectivity index (χ3v) is 4.10. The Hall–Kier alpha value is -2.34. The van der Waals surface area contributed by atoms with E-state index in [0.717, 1.165) is 15.6 Å². The highest BCUT2D eigenvalue weighted by molar-refractivity contribution is 9.10. The molecule has 0 saturated heterocycles. The Balaban J connectivity index is 2.11. The van der Waals surface area contributed by atoms with Gasteiger partial charge in [0.25, 0.3) is 0 Å². The van der Waals surface area contributed by atoms with Crippen molar-refractivity contribution in [1.29, 1.82) is 0 Å². The van der Waals surface area contributed by atoms with E-state index in [2.05, 4.69) is 21.2 Å². The van der Waals surface area contributed by atoms with Gasteiger partial charge in [0.1, 0.15) is 6.61 Å². The fraction of sp³-hybridized carbons (Fsp3) is 0.222. The summed E-state index contributed by atoms with van der Waals surface area (Å²) in [6.45, 7) is 3.99. The van der Waals surface area contributed by atoms with Crippen LogP contribution in [-0.4, -0.2) is 18.7 Å². The minimum Gasteiger partial charge on any atom is -0.462 e. The lowest BCUT2D eigenvalue weighted by molar-refractivity contribution is 0.0527. The maximum Gasteiger partial charge on any atom is 0.411 e. The molecule has 126 valence electrons. The maximum atomic E-state index is 12.1. The van der Waals surface area contributed by atoms with Gasteiger partial charge in [-0.15, -0.1) is 0 Å². The molecule has 0 radical (unpaired) electrons. The monoisotopic (exact) mass is 391 g/mol. The van der Waals surface area contributed by atoms with Crippen LogP contribution in [0.25, 0.3) is 0 Å². The Bertz CT molecular complexity index is 731. The summed E-state index contributed by atoms with van der Waals surface area (Å²) in [6.07, 6.45) is -0.633. The summed E-state index contributed by atoms with van der Waals surface area (Å²) in [5.41, 5.74) is 2.38. The highest BCUT2D eigenvalue weighted by Gasteiger charge is 2.17. The Labute approximate surface area is 149 Å². The summed E-state index contributed by atoms with van der Waals surface area (Å²) in [5, 5.41) is 2.61. The Morgan fingerprint density at radius 3 is 2.50 bits per heavy atom. The Morgan fingerprint density at radius 1 is 1.12 bits per heavy atom. The molecule has 2 aromatic carbocycles. The van der Waals surface area contributed by atoms with Crippen molar-refractivity contribution in [2.75, 3.05) is 11.9 Å². The summed E-state index contributed by atoms with van der Waals surface area (Å²) in [4.78, 5) is 24.1. The van der Waals surface area contributed by atoms with Crippen molar-refractivity contribution in [3.63, 3.8) is 0 Å². The van der Waals surface area contributed by atoms with E-state index in [1.54, 1.807) is 19.1 Å². The van der Waals surface area contributed by atoms with E-state index in [1.165, 1.54) is 0 Å². The van der Waals surface area contributed by atoms with Crippen LogP contribution in [-0.2, 0) is 16.1 Å². The molecule has 2 aromatic rings. The molecule has 0 aliphatic carbocycles. The largest absolute Gasteiger partial charge is 0.462 e. The zero-order valence-corrected chi connectivity index (χ0v) is 15.1. The summed E-state index contributed by atoms with van der Waals surface area (Å²) < 4.78 is 11.0. The molecule has 5 nitrogen and oxygen atoms in total. The molecule has 1 N–H and O–H groups in total. The standard InChI is InChI=1S/C18H18BrNO4/c1-3-23-17(21)14-10-15(19)12(2)9-16(14)20-18(22)24-11-13-7-5-4-6-8-13/h4-10H,3,11H2,1-2H3,(H,20,22). The molecule has 0 spiro atoms. The minimum atomic E-state index is -0.633. The van der Waals surface area contributed by atoms with Gasteiger partial charge in [0.05, 0.1) is 17.9 Å². The lowest BCUT2D eigenvalue weighted by Crippen LogP contribution is -2.17. The molecular formula is C18H18BrNO4. The van der Waals surface area contributed by atoms with Crippen LogP contribution in [0.2, 0.25) is 0 Å². The summed E-state index contributed by atoms with van der Waals surface area (Å²) >= 11 is 3.38. The third kappa shape index (κ3) is 4.83. The van der Waals surface area contributed by atoms with Gasteiger partial charge < -0.3 is 9.47 Å². The number of ether oxygens (including phenoxy) is 2. The predicted octanol–water partition coefficient (Wildman–Crippen LogP) is 4.68. The average Bonchev–Trinajstić information content (AvgIpc) is 2.57. The molecule has 2 rings (SSSR count). The first-order valence-electron chi connectivity index (χ1n) is 7.46. The number of carbonyl (C=O) groups excluding carboxylic acids is 2. The fourth-order valence-corrected chi connectivity index (χ4v) is 2.38. The van der Waals surface area contributed by atoms with Gasteiger partial charge in [-0.1, -0.05) is 46.3 Å². The number of hydrogen-bond donors (Lipinski definition) is 1. The topological polar surface area (TPSA) is 64.6 Å². The summed E-state index contributed by atoms with van der Waals surface area (Å²) in [7, 11) is 0. The zero-order valence-electron chi connectivity index (χ0n) is 13.5. The van der Waals surface area contributed by atoms with Crippen LogP contribution in [0.1, 0.15) is 28.4 Å². The second kappa shape index (κ2) is 8.49. The molecule has 0 aliphatic rings. The van der Waals surface area contributed by atoms with E-state index < -0.39 is 12.1 Å². The molecule has 0 unspecified atom stereocenters. The smallest absolute Gasteiger partial charge is 0.411 e. The van der Waals surface area contributed by atoms with Gasteiger partial charge in [0.15, 0.2) is 0 Å². The van der Waals surface area contributed by atoms with Gasteiger partial charge in [-0.3, -0.25) is 5.32 Å². The van der Waals surface area contributed by atoms with E-state index in [-0.39, 0.29) is 18.8 Å². The lowest BCUT2D eigenvalue weighted by Gasteiger charge is -2.13. The quantitative estimate of drug-likeness (QED) is 0.751. The van der Waals surface area contributed by atoms with E-state index >= 15 is 0 Å². The van der Waals surface area contributed by atoms with Crippen LogP contribution in [0.3, 0.4) is 0 Å². The fourth-order valence-electron chi connectivity index (χ4n) is 2.03. The predicted molar refractivity (Wildman–Crippen MR) is 95.1 cm³/mol. The molecule has 0 aromatic heterocycles. The minimum absolute atomic E-state index is 0.150. The van der Waals surface area contributed by atoms with E-state index in [9.17, 15) is 9.59 Å². The van der Waals surface area contributed by atoms with Crippen molar-refractivity contribution < 1.29 is 19.1 Å². The van der Waals surface area contributed by atoms with Gasteiger partial charge in [-0.2, -0.15) is 0 Å². The van der Waals surface area contributed by atoms with Gasteiger partial charge in [-0.05, 0) is 37.1 Å². The molecule has 1 amide bonds. The molecule has 0 saturated carbocycles. The third-order valence-electron chi connectivity index (χ3n) is 3.24. The van der Waals surface area contributed by atoms with Crippen LogP contribution < -0.4 is 5.32 Å². The van der Waals surface area contributed by atoms with E-state index in [4.69, 9.17) is 9.47 Å². The summed E-state index contributed by atoms with van der Waals surface area (Å²) in [6, 6.07) is 12.7.